The first-order valence-corrected chi connectivity index (χ1v) is 9.71. The predicted molar refractivity (Wildman–Crippen MR) is 100 cm³/mol. The van der Waals surface area contributed by atoms with Gasteiger partial charge in [0.2, 0.25) is 0 Å². The first-order valence-electron chi connectivity index (χ1n) is 9.71. The van der Waals surface area contributed by atoms with Crippen molar-refractivity contribution >= 4 is 12.6 Å². The first kappa shape index (κ1) is 17.5. The Morgan fingerprint density at radius 1 is 1.04 bits per heavy atom. The third kappa shape index (κ3) is 3.40. The van der Waals surface area contributed by atoms with Crippen LogP contribution in [-0.4, -0.2) is 44.6 Å². The highest BCUT2D eigenvalue weighted by atomic mass is 16.7. The first-order chi connectivity index (χ1) is 12.0. The second kappa shape index (κ2) is 6.69. The van der Waals surface area contributed by atoms with E-state index in [2.05, 4.69) is 50.4 Å². The minimum Gasteiger partial charge on any atom is -0.399 e. The molecule has 1 aromatic carbocycles. The van der Waals surface area contributed by atoms with E-state index in [-0.39, 0.29) is 18.3 Å². The van der Waals surface area contributed by atoms with Crippen LogP contribution in [-0.2, 0) is 14.0 Å². The Bertz CT molecular complexity index is 595. The Labute approximate surface area is 151 Å². The lowest BCUT2D eigenvalue weighted by Gasteiger charge is -2.41. The van der Waals surface area contributed by atoms with Gasteiger partial charge in [0.1, 0.15) is 0 Å². The highest BCUT2D eigenvalue weighted by Crippen LogP contribution is 2.42. The van der Waals surface area contributed by atoms with Crippen molar-refractivity contribution in [3.05, 3.63) is 29.8 Å². The molecule has 3 aliphatic rings. The summed E-state index contributed by atoms with van der Waals surface area (Å²) in [6.07, 6.45) is 3.44. The van der Waals surface area contributed by atoms with Crippen molar-refractivity contribution < 1.29 is 14.0 Å². The summed E-state index contributed by atoms with van der Waals surface area (Å²) in [7, 11) is -0.275. The molecule has 0 bridgehead atoms. The van der Waals surface area contributed by atoms with E-state index in [1.54, 1.807) is 0 Å². The molecule has 5 heteroatoms. The van der Waals surface area contributed by atoms with Crippen LogP contribution in [0.15, 0.2) is 24.3 Å². The Kier molecular flexibility index (Phi) is 4.69. The van der Waals surface area contributed by atoms with Crippen LogP contribution in [0.25, 0.3) is 0 Å². The van der Waals surface area contributed by atoms with Crippen molar-refractivity contribution in [1.29, 1.82) is 0 Å². The summed E-state index contributed by atoms with van der Waals surface area (Å²) in [5.41, 5.74) is 1.98. The predicted octanol–water partition coefficient (Wildman–Crippen LogP) is 2.47. The van der Waals surface area contributed by atoms with Gasteiger partial charge in [-0.15, -0.1) is 0 Å². The molecule has 1 atom stereocenters. The van der Waals surface area contributed by atoms with Crippen molar-refractivity contribution in [3.63, 3.8) is 0 Å². The summed E-state index contributed by atoms with van der Waals surface area (Å²) in [4.78, 5) is 0. The highest BCUT2D eigenvalue weighted by molar-refractivity contribution is 6.62. The molecule has 1 N–H and O–H groups in total. The standard InChI is InChI=1S/C20H30BNO3/c1-19(2)20(3,12-15-13-23-14-15)25-21(24-19)18-6-4-16(5-7-18)17-8-10-22-11-9-17/h4-7,15,17,22H,8-14H2,1-3H3. The summed E-state index contributed by atoms with van der Waals surface area (Å²) in [5, 5.41) is 3.43. The van der Waals surface area contributed by atoms with Crippen LogP contribution in [0, 0.1) is 5.92 Å². The van der Waals surface area contributed by atoms with Gasteiger partial charge in [-0.05, 0) is 70.1 Å². The quantitative estimate of drug-likeness (QED) is 0.853. The number of hydrogen-bond donors (Lipinski definition) is 1. The van der Waals surface area contributed by atoms with Gasteiger partial charge in [0, 0.05) is 5.92 Å². The van der Waals surface area contributed by atoms with Gasteiger partial charge in [0.05, 0.1) is 24.4 Å². The molecule has 0 radical (unpaired) electrons. The Morgan fingerprint density at radius 3 is 2.32 bits per heavy atom. The molecule has 0 aliphatic carbocycles. The van der Waals surface area contributed by atoms with Crippen molar-refractivity contribution in [2.24, 2.45) is 5.92 Å². The van der Waals surface area contributed by atoms with Gasteiger partial charge in [-0.25, -0.2) is 0 Å². The minimum absolute atomic E-state index is 0.275. The fourth-order valence-electron chi connectivity index (χ4n) is 4.26. The molecule has 4 rings (SSSR count). The second-order valence-electron chi connectivity index (χ2n) is 8.61. The van der Waals surface area contributed by atoms with Crippen molar-refractivity contribution in [2.45, 2.75) is 57.2 Å². The maximum Gasteiger partial charge on any atom is 0.494 e. The molecule has 136 valence electrons. The normalized spacial score (nSPS) is 30.4. The van der Waals surface area contributed by atoms with Gasteiger partial charge < -0.3 is 19.4 Å². The van der Waals surface area contributed by atoms with Gasteiger partial charge in [0.15, 0.2) is 0 Å². The van der Waals surface area contributed by atoms with E-state index in [0.29, 0.717) is 11.8 Å². The van der Waals surface area contributed by atoms with Crippen molar-refractivity contribution in [2.75, 3.05) is 26.3 Å². The van der Waals surface area contributed by atoms with Crippen LogP contribution in [0.4, 0.5) is 0 Å². The Balaban J connectivity index is 1.46. The molecule has 0 amide bonds. The van der Waals surface area contributed by atoms with Crippen LogP contribution in [0.2, 0.25) is 0 Å². The number of nitrogens with one attached hydrogen (secondary N) is 1. The molecular weight excluding hydrogens is 313 g/mol. The van der Waals surface area contributed by atoms with Gasteiger partial charge in [0.25, 0.3) is 0 Å². The number of rotatable bonds is 4. The fourth-order valence-corrected chi connectivity index (χ4v) is 4.26. The summed E-state index contributed by atoms with van der Waals surface area (Å²) in [5.74, 6) is 1.27. The third-order valence-corrected chi connectivity index (χ3v) is 6.45. The lowest BCUT2D eigenvalue weighted by Crippen LogP contribution is -2.48. The molecule has 0 spiro atoms. The maximum absolute atomic E-state index is 6.45. The van der Waals surface area contributed by atoms with E-state index >= 15 is 0 Å². The smallest absolute Gasteiger partial charge is 0.399 e. The van der Waals surface area contributed by atoms with E-state index in [4.69, 9.17) is 14.0 Å². The summed E-state index contributed by atoms with van der Waals surface area (Å²) in [6, 6.07) is 8.91. The second-order valence-corrected chi connectivity index (χ2v) is 8.61. The van der Waals surface area contributed by atoms with Gasteiger partial charge >= 0.3 is 7.12 Å². The van der Waals surface area contributed by atoms with Crippen molar-refractivity contribution in [1.82, 2.24) is 5.32 Å². The molecule has 1 unspecified atom stereocenters. The van der Waals surface area contributed by atoms with Crippen molar-refractivity contribution in [3.8, 4) is 0 Å². The SMILES string of the molecule is CC1(C)OB(c2ccc(C3CCNCC3)cc2)OC1(C)CC1COC1. The lowest BCUT2D eigenvalue weighted by atomic mass is 9.77. The number of ether oxygens (including phenoxy) is 1. The molecule has 4 nitrogen and oxygen atoms in total. The van der Waals surface area contributed by atoms with Crippen LogP contribution >= 0.6 is 0 Å². The van der Waals surface area contributed by atoms with E-state index in [9.17, 15) is 0 Å². The van der Waals surface area contributed by atoms with E-state index < -0.39 is 0 Å². The van der Waals surface area contributed by atoms with Crippen LogP contribution in [0.5, 0.6) is 0 Å². The average molecular weight is 343 g/mol. The van der Waals surface area contributed by atoms with E-state index in [0.717, 1.165) is 38.2 Å². The molecule has 25 heavy (non-hydrogen) atoms. The van der Waals surface area contributed by atoms with E-state index in [1.807, 2.05) is 0 Å². The molecule has 3 aliphatic heterocycles. The molecular formula is C20H30BNO3. The number of benzene rings is 1. The fraction of sp³-hybridized carbons (Fsp3) is 0.700. The summed E-state index contributed by atoms with van der Waals surface area (Å²) in [6.45, 7) is 10.4. The van der Waals surface area contributed by atoms with Crippen LogP contribution in [0.3, 0.4) is 0 Å². The van der Waals surface area contributed by atoms with Crippen LogP contribution in [0.1, 0.15) is 51.5 Å². The van der Waals surface area contributed by atoms with E-state index in [1.165, 1.54) is 18.4 Å². The largest absolute Gasteiger partial charge is 0.494 e. The van der Waals surface area contributed by atoms with Crippen LogP contribution < -0.4 is 10.8 Å². The van der Waals surface area contributed by atoms with Gasteiger partial charge in [-0.1, -0.05) is 24.3 Å². The minimum atomic E-state index is -0.305. The number of piperidine rings is 1. The number of hydrogen-bond acceptors (Lipinski definition) is 4. The van der Waals surface area contributed by atoms with Gasteiger partial charge in [-0.3, -0.25) is 0 Å². The Hall–Kier alpha value is -0.875. The monoisotopic (exact) mass is 343 g/mol. The third-order valence-electron chi connectivity index (χ3n) is 6.45. The Morgan fingerprint density at radius 2 is 1.72 bits per heavy atom. The lowest BCUT2D eigenvalue weighted by molar-refractivity contribution is -0.0923. The maximum atomic E-state index is 6.45. The topological polar surface area (TPSA) is 39.7 Å². The molecule has 0 saturated carbocycles. The zero-order valence-corrected chi connectivity index (χ0v) is 15.7. The average Bonchev–Trinajstić information content (AvgIpc) is 2.82. The molecule has 3 fully saturated rings. The zero-order chi connectivity index (χ0) is 17.5. The molecule has 1 aromatic rings. The zero-order valence-electron chi connectivity index (χ0n) is 15.7. The molecule has 0 aromatic heterocycles. The van der Waals surface area contributed by atoms with Gasteiger partial charge in [-0.2, -0.15) is 0 Å². The summed E-state index contributed by atoms with van der Waals surface area (Å²) < 4.78 is 18.1. The molecule has 3 heterocycles. The highest BCUT2D eigenvalue weighted by Gasteiger charge is 2.55. The molecule has 3 saturated heterocycles. The summed E-state index contributed by atoms with van der Waals surface area (Å²) >= 11 is 0.